The summed E-state index contributed by atoms with van der Waals surface area (Å²) in [6.07, 6.45) is 7.98. The molecule has 2 aromatic carbocycles. The summed E-state index contributed by atoms with van der Waals surface area (Å²) in [5.41, 5.74) is 2.69. The molecule has 1 aromatic heterocycles. The van der Waals surface area contributed by atoms with Crippen LogP contribution in [-0.2, 0) is 12.3 Å². The van der Waals surface area contributed by atoms with E-state index in [1.54, 1.807) is 0 Å². The molecular formula is C20H20BrClN2S. The molecule has 3 rings (SSSR count). The fourth-order valence-electron chi connectivity index (χ4n) is 2.68. The molecule has 1 unspecified atom stereocenters. The van der Waals surface area contributed by atoms with Crippen molar-refractivity contribution in [1.82, 2.24) is 9.55 Å². The first-order valence-corrected chi connectivity index (χ1v) is 10.5. The molecule has 5 heteroatoms. The zero-order valence-electron chi connectivity index (χ0n) is 13.8. The standard InChI is InChI=1S/C20H20BrClN2S/c21-18-7-3-16(4-8-18)14-25-20(17-5-9-19(22)10-6-17)2-1-12-24-13-11-23-15-24/h3-11,13,15,20H,1-2,12,14H2. The van der Waals surface area contributed by atoms with Gasteiger partial charge >= 0.3 is 0 Å². The molecule has 0 bridgehead atoms. The van der Waals surface area contributed by atoms with Crippen LogP contribution in [0.5, 0.6) is 0 Å². The second-order valence-corrected chi connectivity index (χ2v) is 8.46. The minimum Gasteiger partial charge on any atom is -0.337 e. The minimum atomic E-state index is 0.462. The smallest absolute Gasteiger partial charge is 0.0945 e. The molecule has 0 amide bonds. The van der Waals surface area contributed by atoms with Gasteiger partial charge in [0.1, 0.15) is 0 Å². The summed E-state index contributed by atoms with van der Waals surface area (Å²) in [7, 11) is 0. The van der Waals surface area contributed by atoms with E-state index in [9.17, 15) is 0 Å². The Bertz CT molecular complexity index is 757. The molecule has 3 aromatic rings. The maximum absolute atomic E-state index is 6.05. The van der Waals surface area contributed by atoms with E-state index in [2.05, 4.69) is 61.9 Å². The van der Waals surface area contributed by atoms with Crippen molar-refractivity contribution in [1.29, 1.82) is 0 Å². The van der Waals surface area contributed by atoms with Crippen LogP contribution in [0.2, 0.25) is 5.02 Å². The maximum atomic E-state index is 6.05. The summed E-state index contributed by atoms with van der Waals surface area (Å²) < 4.78 is 3.26. The van der Waals surface area contributed by atoms with Crippen molar-refractivity contribution >= 4 is 39.3 Å². The maximum Gasteiger partial charge on any atom is 0.0945 e. The molecule has 0 spiro atoms. The number of halogens is 2. The van der Waals surface area contributed by atoms with Crippen LogP contribution in [0.15, 0.2) is 71.7 Å². The van der Waals surface area contributed by atoms with Crippen molar-refractivity contribution in [2.24, 2.45) is 0 Å². The van der Waals surface area contributed by atoms with Gasteiger partial charge in [0.2, 0.25) is 0 Å². The lowest BCUT2D eigenvalue weighted by Crippen LogP contribution is -2.00. The SMILES string of the molecule is Clc1ccc(C(CCCn2ccnc2)SCc2ccc(Br)cc2)cc1. The van der Waals surface area contributed by atoms with Crippen LogP contribution in [0.1, 0.15) is 29.2 Å². The van der Waals surface area contributed by atoms with Crippen molar-refractivity contribution in [3.8, 4) is 0 Å². The molecule has 0 saturated carbocycles. The molecular weight excluding hydrogens is 416 g/mol. The summed E-state index contributed by atoms with van der Waals surface area (Å²) in [5, 5.41) is 1.25. The average Bonchev–Trinajstić information content (AvgIpc) is 3.14. The number of imidazole rings is 1. The van der Waals surface area contributed by atoms with Crippen molar-refractivity contribution < 1.29 is 0 Å². The molecule has 2 nitrogen and oxygen atoms in total. The van der Waals surface area contributed by atoms with Crippen molar-refractivity contribution in [3.05, 3.63) is 87.9 Å². The van der Waals surface area contributed by atoms with Crippen LogP contribution >= 0.6 is 39.3 Å². The van der Waals surface area contributed by atoms with E-state index in [1.807, 2.05) is 42.6 Å². The molecule has 0 saturated heterocycles. The normalized spacial score (nSPS) is 12.2. The van der Waals surface area contributed by atoms with Crippen LogP contribution in [0.4, 0.5) is 0 Å². The predicted molar refractivity (Wildman–Crippen MR) is 111 cm³/mol. The molecule has 0 aliphatic heterocycles. The highest BCUT2D eigenvalue weighted by Gasteiger charge is 2.12. The third-order valence-electron chi connectivity index (χ3n) is 4.05. The van der Waals surface area contributed by atoms with Gasteiger partial charge < -0.3 is 4.57 Å². The fourth-order valence-corrected chi connectivity index (χ4v) is 4.34. The highest BCUT2D eigenvalue weighted by molar-refractivity contribution is 9.10. The third kappa shape index (κ3) is 5.91. The van der Waals surface area contributed by atoms with Gasteiger partial charge in [0.25, 0.3) is 0 Å². The summed E-state index contributed by atoms with van der Waals surface area (Å²) >= 11 is 11.5. The summed E-state index contributed by atoms with van der Waals surface area (Å²) in [4.78, 5) is 4.11. The van der Waals surface area contributed by atoms with Crippen LogP contribution in [0.3, 0.4) is 0 Å². The number of aryl methyl sites for hydroxylation is 1. The number of benzene rings is 2. The Morgan fingerprint density at radius 1 is 1.08 bits per heavy atom. The van der Waals surface area contributed by atoms with Gasteiger partial charge in [0.05, 0.1) is 6.33 Å². The Hall–Kier alpha value is -1.23. The molecule has 1 atom stereocenters. The lowest BCUT2D eigenvalue weighted by molar-refractivity contribution is 0.604. The number of rotatable bonds is 8. The fraction of sp³-hybridized carbons (Fsp3) is 0.250. The Morgan fingerprint density at radius 2 is 1.84 bits per heavy atom. The molecule has 25 heavy (non-hydrogen) atoms. The van der Waals surface area contributed by atoms with E-state index in [-0.39, 0.29) is 0 Å². The van der Waals surface area contributed by atoms with Crippen LogP contribution in [0, 0.1) is 0 Å². The van der Waals surface area contributed by atoms with Gasteiger partial charge in [-0.05, 0) is 48.2 Å². The number of nitrogens with zero attached hydrogens (tertiary/aromatic N) is 2. The van der Waals surface area contributed by atoms with E-state index >= 15 is 0 Å². The molecule has 0 fully saturated rings. The minimum absolute atomic E-state index is 0.462. The van der Waals surface area contributed by atoms with E-state index in [4.69, 9.17) is 11.6 Å². The Labute approximate surface area is 166 Å². The highest BCUT2D eigenvalue weighted by Crippen LogP contribution is 2.36. The van der Waals surface area contributed by atoms with Gasteiger partial charge in [-0.15, -0.1) is 11.8 Å². The Kier molecular flexibility index (Phi) is 7.02. The lowest BCUT2D eigenvalue weighted by Gasteiger charge is -2.18. The monoisotopic (exact) mass is 434 g/mol. The van der Waals surface area contributed by atoms with Crippen LogP contribution in [-0.4, -0.2) is 9.55 Å². The second kappa shape index (κ2) is 9.46. The predicted octanol–water partition coefficient (Wildman–Crippen LogP) is 6.75. The van der Waals surface area contributed by atoms with Crippen molar-refractivity contribution in [2.45, 2.75) is 30.4 Å². The summed E-state index contributed by atoms with van der Waals surface area (Å²) in [6, 6.07) is 16.8. The molecule has 1 heterocycles. The largest absolute Gasteiger partial charge is 0.337 e. The van der Waals surface area contributed by atoms with Crippen LogP contribution < -0.4 is 0 Å². The van der Waals surface area contributed by atoms with E-state index in [1.165, 1.54) is 11.1 Å². The van der Waals surface area contributed by atoms with E-state index in [0.717, 1.165) is 34.6 Å². The van der Waals surface area contributed by atoms with Gasteiger partial charge in [0.15, 0.2) is 0 Å². The van der Waals surface area contributed by atoms with Gasteiger partial charge in [0, 0.05) is 39.4 Å². The zero-order valence-corrected chi connectivity index (χ0v) is 17.0. The van der Waals surface area contributed by atoms with Crippen LogP contribution in [0.25, 0.3) is 0 Å². The van der Waals surface area contributed by atoms with E-state index < -0.39 is 0 Å². The van der Waals surface area contributed by atoms with Gasteiger partial charge in [-0.2, -0.15) is 0 Å². The summed E-state index contributed by atoms with van der Waals surface area (Å²) in [5.74, 6) is 1.01. The molecule has 0 aliphatic carbocycles. The Balaban J connectivity index is 1.62. The van der Waals surface area contributed by atoms with E-state index in [0.29, 0.717) is 5.25 Å². The first-order valence-electron chi connectivity index (χ1n) is 8.28. The van der Waals surface area contributed by atoms with Gasteiger partial charge in [-0.3, -0.25) is 0 Å². The van der Waals surface area contributed by atoms with Gasteiger partial charge in [-0.25, -0.2) is 4.98 Å². The zero-order chi connectivity index (χ0) is 17.5. The lowest BCUT2D eigenvalue weighted by atomic mass is 10.1. The molecule has 0 radical (unpaired) electrons. The number of aromatic nitrogens is 2. The number of thioether (sulfide) groups is 1. The quantitative estimate of drug-likeness (QED) is 0.389. The first-order chi connectivity index (χ1) is 12.2. The van der Waals surface area contributed by atoms with Crippen molar-refractivity contribution in [3.63, 3.8) is 0 Å². The summed E-state index contributed by atoms with van der Waals surface area (Å²) in [6.45, 7) is 1.00. The highest BCUT2D eigenvalue weighted by atomic mass is 79.9. The third-order valence-corrected chi connectivity index (χ3v) is 6.24. The van der Waals surface area contributed by atoms with Gasteiger partial charge in [-0.1, -0.05) is 51.8 Å². The average molecular weight is 436 g/mol. The number of hydrogen-bond acceptors (Lipinski definition) is 2. The van der Waals surface area contributed by atoms with Crippen molar-refractivity contribution in [2.75, 3.05) is 0 Å². The number of hydrogen-bond donors (Lipinski definition) is 0. The Morgan fingerprint density at radius 3 is 2.52 bits per heavy atom. The molecule has 0 aliphatic rings. The molecule has 0 N–H and O–H groups in total. The molecule has 130 valence electrons. The second-order valence-electron chi connectivity index (χ2n) is 5.92. The topological polar surface area (TPSA) is 17.8 Å². The first kappa shape index (κ1) is 18.6.